The number of halogens is 2. The molecule has 3 nitrogen and oxygen atoms in total. The van der Waals surface area contributed by atoms with E-state index in [4.69, 9.17) is 16.3 Å². The van der Waals surface area contributed by atoms with Gasteiger partial charge in [-0.3, -0.25) is 0 Å². The van der Waals surface area contributed by atoms with Crippen molar-refractivity contribution in [3.05, 3.63) is 53.3 Å². The molecule has 0 atom stereocenters. The van der Waals surface area contributed by atoms with E-state index in [1.54, 1.807) is 12.1 Å². The van der Waals surface area contributed by atoms with Gasteiger partial charge < -0.3 is 15.4 Å². The summed E-state index contributed by atoms with van der Waals surface area (Å²) in [5.74, 6) is 0.469. The minimum atomic E-state index is -0.407. The fraction of sp³-hybridized carbons (Fsp3) is 0.333. The molecule has 0 saturated carbocycles. The summed E-state index contributed by atoms with van der Waals surface area (Å²) in [6.07, 6.45) is 2.18. The summed E-state index contributed by atoms with van der Waals surface area (Å²) in [5.41, 5.74) is 1.81. The summed E-state index contributed by atoms with van der Waals surface area (Å²) in [7, 11) is 0. The number of unbranched alkanes of at least 4 members (excludes halogenated alkanes) is 1. The molecule has 0 unspecified atom stereocenters. The Balaban J connectivity index is 1.75. The maximum atomic E-state index is 13.1. The number of rotatable bonds is 9. The Morgan fingerprint density at radius 2 is 1.78 bits per heavy atom. The summed E-state index contributed by atoms with van der Waals surface area (Å²) >= 11 is 5.75. The van der Waals surface area contributed by atoms with E-state index in [2.05, 4.69) is 17.6 Å². The lowest BCUT2D eigenvalue weighted by molar-refractivity contribution is 0.309. The maximum Gasteiger partial charge on any atom is 0.141 e. The summed E-state index contributed by atoms with van der Waals surface area (Å²) < 4.78 is 18.8. The first-order valence-corrected chi connectivity index (χ1v) is 8.22. The highest BCUT2D eigenvalue weighted by Gasteiger charge is 2.00. The van der Waals surface area contributed by atoms with Crippen LogP contribution in [0.2, 0.25) is 5.02 Å². The normalized spacial score (nSPS) is 10.4. The highest BCUT2D eigenvalue weighted by molar-refractivity contribution is 6.31. The standard InChI is InChI=1S/C18H22ClFN2O/c1-2-3-11-23-16-6-4-5-14(12-16)21-9-10-22-15-7-8-18(20)17(19)13-15/h4-8,12-13,21-22H,2-3,9-11H2,1H3. The van der Waals surface area contributed by atoms with Crippen molar-refractivity contribution in [3.63, 3.8) is 0 Å². The van der Waals surface area contributed by atoms with Crippen LogP contribution in [0.15, 0.2) is 42.5 Å². The Hall–Kier alpha value is -1.94. The van der Waals surface area contributed by atoms with Crippen LogP contribution in [0.25, 0.3) is 0 Å². The third-order valence-corrected chi connectivity index (χ3v) is 3.59. The number of nitrogens with one attached hydrogen (secondary N) is 2. The second-order valence-corrected chi connectivity index (χ2v) is 5.62. The molecule has 0 saturated heterocycles. The van der Waals surface area contributed by atoms with E-state index in [1.807, 2.05) is 24.3 Å². The zero-order valence-electron chi connectivity index (χ0n) is 13.2. The van der Waals surface area contributed by atoms with E-state index in [0.29, 0.717) is 6.54 Å². The zero-order chi connectivity index (χ0) is 16.5. The van der Waals surface area contributed by atoms with Crippen LogP contribution in [0.1, 0.15) is 19.8 Å². The Morgan fingerprint density at radius 3 is 2.48 bits per heavy atom. The van der Waals surface area contributed by atoms with Gasteiger partial charge in [-0.2, -0.15) is 0 Å². The minimum Gasteiger partial charge on any atom is -0.494 e. The van der Waals surface area contributed by atoms with Gasteiger partial charge in [0, 0.05) is 30.5 Å². The summed E-state index contributed by atoms with van der Waals surface area (Å²) in [5, 5.41) is 6.64. The van der Waals surface area contributed by atoms with Gasteiger partial charge in [0.05, 0.1) is 11.6 Å². The van der Waals surface area contributed by atoms with Gasteiger partial charge in [0.25, 0.3) is 0 Å². The SMILES string of the molecule is CCCCOc1cccc(NCCNc2ccc(F)c(Cl)c2)c1. The van der Waals surface area contributed by atoms with Crippen LogP contribution in [0.5, 0.6) is 5.75 Å². The molecule has 5 heteroatoms. The van der Waals surface area contributed by atoms with E-state index in [9.17, 15) is 4.39 Å². The third-order valence-electron chi connectivity index (χ3n) is 3.30. The van der Waals surface area contributed by atoms with Crippen molar-refractivity contribution < 1.29 is 9.13 Å². The Kier molecular flexibility index (Phi) is 7.01. The van der Waals surface area contributed by atoms with E-state index >= 15 is 0 Å². The lowest BCUT2D eigenvalue weighted by Crippen LogP contribution is -2.13. The Morgan fingerprint density at radius 1 is 1.04 bits per heavy atom. The van der Waals surface area contributed by atoms with Crippen LogP contribution in [0.4, 0.5) is 15.8 Å². The Bertz CT molecular complexity index is 622. The van der Waals surface area contributed by atoms with Crippen LogP contribution in [-0.4, -0.2) is 19.7 Å². The Labute approximate surface area is 141 Å². The average molecular weight is 337 g/mol. The molecule has 0 amide bonds. The van der Waals surface area contributed by atoms with Crippen molar-refractivity contribution in [2.24, 2.45) is 0 Å². The number of ether oxygens (including phenoxy) is 1. The van der Waals surface area contributed by atoms with Gasteiger partial charge in [0.2, 0.25) is 0 Å². The van der Waals surface area contributed by atoms with Gasteiger partial charge in [-0.25, -0.2) is 4.39 Å². The molecule has 2 aromatic carbocycles. The number of anilines is 2. The van der Waals surface area contributed by atoms with E-state index < -0.39 is 5.82 Å². The first kappa shape index (κ1) is 17.4. The van der Waals surface area contributed by atoms with Gasteiger partial charge in [0.1, 0.15) is 11.6 Å². The number of hydrogen-bond donors (Lipinski definition) is 2. The molecule has 0 aromatic heterocycles. The highest BCUT2D eigenvalue weighted by Crippen LogP contribution is 2.19. The van der Waals surface area contributed by atoms with Gasteiger partial charge in [-0.1, -0.05) is 31.0 Å². The average Bonchev–Trinajstić information content (AvgIpc) is 2.55. The lowest BCUT2D eigenvalue weighted by atomic mass is 10.3. The molecular weight excluding hydrogens is 315 g/mol. The van der Waals surface area contributed by atoms with Crippen LogP contribution in [0, 0.1) is 5.82 Å². The van der Waals surface area contributed by atoms with Crippen LogP contribution < -0.4 is 15.4 Å². The monoisotopic (exact) mass is 336 g/mol. The topological polar surface area (TPSA) is 33.3 Å². The first-order chi connectivity index (χ1) is 11.2. The number of hydrogen-bond acceptors (Lipinski definition) is 3. The van der Waals surface area contributed by atoms with Crippen molar-refractivity contribution in [1.29, 1.82) is 0 Å². The van der Waals surface area contributed by atoms with Crippen molar-refractivity contribution in [1.82, 2.24) is 0 Å². The fourth-order valence-electron chi connectivity index (χ4n) is 2.05. The van der Waals surface area contributed by atoms with Crippen molar-refractivity contribution >= 4 is 23.0 Å². The molecule has 124 valence electrons. The van der Waals surface area contributed by atoms with Crippen LogP contribution in [-0.2, 0) is 0 Å². The van der Waals surface area contributed by atoms with Gasteiger partial charge in [-0.05, 0) is 36.8 Å². The second-order valence-electron chi connectivity index (χ2n) is 5.21. The molecule has 0 aliphatic heterocycles. The zero-order valence-corrected chi connectivity index (χ0v) is 14.0. The van der Waals surface area contributed by atoms with E-state index in [-0.39, 0.29) is 5.02 Å². The predicted octanol–water partition coefficient (Wildman–Crippen LogP) is 5.18. The largest absolute Gasteiger partial charge is 0.494 e. The van der Waals surface area contributed by atoms with Gasteiger partial charge in [-0.15, -0.1) is 0 Å². The molecule has 0 radical (unpaired) electrons. The molecule has 0 spiro atoms. The van der Waals surface area contributed by atoms with Crippen molar-refractivity contribution in [2.75, 3.05) is 30.3 Å². The third kappa shape index (κ3) is 5.99. The molecule has 23 heavy (non-hydrogen) atoms. The van der Waals surface area contributed by atoms with Crippen LogP contribution in [0.3, 0.4) is 0 Å². The summed E-state index contributed by atoms with van der Waals surface area (Å²) in [4.78, 5) is 0. The van der Waals surface area contributed by atoms with E-state index in [1.165, 1.54) is 6.07 Å². The van der Waals surface area contributed by atoms with Gasteiger partial charge >= 0.3 is 0 Å². The highest BCUT2D eigenvalue weighted by atomic mass is 35.5. The predicted molar refractivity (Wildman–Crippen MR) is 95.2 cm³/mol. The minimum absolute atomic E-state index is 0.125. The molecule has 0 fully saturated rings. The molecule has 2 aromatic rings. The first-order valence-electron chi connectivity index (χ1n) is 7.84. The van der Waals surface area contributed by atoms with Crippen LogP contribution >= 0.6 is 11.6 Å². The molecule has 0 bridgehead atoms. The lowest BCUT2D eigenvalue weighted by Gasteiger charge is -2.11. The molecule has 2 rings (SSSR count). The summed E-state index contributed by atoms with van der Waals surface area (Å²) in [6, 6.07) is 12.5. The summed E-state index contributed by atoms with van der Waals surface area (Å²) in [6.45, 7) is 4.31. The fourth-order valence-corrected chi connectivity index (χ4v) is 2.23. The number of benzene rings is 2. The van der Waals surface area contributed by atoms with Crippen molar-refractivity contribution in [2.45, 2.75) is 19.8 Å². The van der Waals surface area contributed by atoms with Gasteiger partial charge in [0.15, 0.2) is 0 Å². The quantitative estimate of drug-likeness (QED) is 0.619. The molecule has 2 N–H and O–H groups in total. The smallest absolute Gasteiger partial charge is 0.141 e. The maximum absolute atomic E-state index is 13.1. The molecule has 0 aliphatic rings. The van der Waals surface area contributed by atoms with E-state index in [0.717, 1.165) is 43.1 Å². The second kappa shape index (κ2) is 9.26. The van der Waals surface area contributed by atoms with Crippen molar-refractivity contribution in [3.8, 4) is 5.75 Å². The molecule has 0 aliphatic carbocycles. The molecular formula is C18H22ClFN2O. The molecule has 0 heterocycles.